The van der Waals surface area contributed by atoms with E-state index in [0.29, 0.717) is 0 Å². The van der Waals surface area contributed by atoms with Crippen LogP contribution in [0.3, 0.4) is 0 Å². The van der Waals surface area contributed by atoms with E-state index in [1.54, 1.807) is 0 Å². The standard InChI is InChI=1S/C9H22N2Si2/c1-12(2,3)10-7-8-11(9-10)13(4,5)6/h7-8H,9H2,1-6H3. The lowest BCUT2D eigenvalue weighted by molar-refractivity contribution is 0.453. The van der Waals surface area contributed by atoms with E-state index in [2.05, 4.69) is 60.8 Å². The molecule has 13 heavy (non-hydrogen) atoms. The summed E-state index contributed by atoms with van der Waals surface area (Å²) >= 11 is 0. The number of nitrogens with zero attached hydrogens (tertiary/aromatic N) is 2. The van der Waals surface area contributed by atoms with Gasteiger partial charge in [0.15, 0.2) is 0 Å². The first kappa shape index (κ1) is 10.9. The van der Waals surface area contributed by atoms with Gasteiger partial charge in [-0.3, -0.25) is 0 Å². The third kappa shape index (κ3) is 2.61. The Morgan fingerprint density at radius 1 is 0.769 bits per heavy atom. The Hall–Kier alpha value is -0.226. The highest BCUT2D eigenvalue weighted by Gasteiger charge is 2.30. The SMILES string of the molecule is C[Si](C)(C)N1C=CN([Si](C)(C)C)C1. The van der Waals surface area contributed by atoms with Crippen molar-refractivity contribution in [2.24, 2.45) is 0 Å². The van der Waals surface area contributed by atoms with Crippen LogP contribution in [-0.4, -0.2) is 32.3 Å². The van der Waals surface area contributed by atoms with Crippen molar-refractivity contribution in [3.05, 3.63) is 12.4 Å². The van der Waals surface area contributed by atoms with Crippen molar-refractivity contribution in [2.75, 3.05) is 6.67 Å². The maximum absolute atomic E-state index is 2.53. The summed E-state index contributed by atoms with van der Waals surface area (Å²) < 4.78 is 5.07. The molecule has 1 aliphatic heterocycles. The third-order valence-corrected chi connectivity index (χ3v) is 6.48. The molecule has 0 aromatic carbocycles. The normalized spacial score (nSPS) is 18.6. The van der Waals surface area contributed by atoms with Crippen LogP contribution in [-0.2, 0) is 0 Å². The monoisotopic (exact) mass is 214 g/mol. The van der Waals surface area contributed by atoms with Gasteiger partial charge < -0.3 is 9.13 Å². The van der Waals surface area contributed by atoms with Crippen molar-refractivity contribution in [3.63, 3.8) is 0 Å². The fraction of sp³-hybridized carbons (Fsp3) is 0.778. The van der Waals surface area contributed by atoms with Crippen molar-refractivity contribution >= 4 is 16.5 Å². The highest BCUT2D eigenvalue weighted by molar-refractivity contribution is 6.75. The number of rotatable bonds is 2. The molecule has 1 heterocycles. The second-order valence-electron chi connectivity index (χ2n) is 5.72. The fourth-order valence-electron chi connectivity index (χ4n) is 1.29. The summed E-state index contributed by atoms with van der Waals surface area (Å²) in [5.74, 6) is 0. The Morgan fingerprint density at radius 3 is 1.23 bits per heavy atom. The molecular weight excluding hydrogens is 192 g/mol. The highest BCUT2D eigenvalue weighted by Crippen LogP contribution is 2.21. The molecule has 0 aromatic rings. The van der Waals surface area contributed by atoms with Crippen molar-refractivity contribution in [1.29, 1.82) is 0 Å². The number of hydrogen-bond acceptors (Lipinski definition) is 2. The summed E-state index contributed by atoms with van der Waals surface area (Å²) in [6, 6.07) is 0. The molecule has 0 saturated carbocycles. The Morgan fingerprint density at radius 2 is 1.08 bits per heavy atom. The van der Waals surface area contributed by atoms with E-state index in [1.165, 1.54) is 0 Å². The van der Waals surface area contributed by atoms with Gasteiger partial charge in [0, 0.05) is 12.4 Å². The van der Waals surface area contributed by atoms with Crippen LogP contribution in [0.25, 0.3) is 0 Å². The molecule has 0 radical (unpaired) electrons. The van der Waals surface area contributed by atoms with E-state index in [9.17, 15) is 0 Å². The third-order valence-electron chi connectivity index (χ3n) is 2.45. The molecule has 0 aliphatic carbocycles. The van der Waals surface area contributed by atoms with Crippen LogP contribution in [0.5, 0.6) is 0 Å². The summed E-state index contributed by atoms with van der Waals surface area (Å²) in [5.41, 5.74) is 0. The Bertz CT molecular complexity index is 191. The quantitative estimate of drug-likeness (QED) is 0.652. The molecule has 0 fully saturated rings. The molecule has 1 rings (SSSR count). The van der Waals surface area contributed by atoms with Crippen LogP contribution in [0, 0.1) is 0 Å². The van der Waals surface area contributed by atoms with E-state index in [1.807, 2.05) is 0 Å². The van der Waals surface area contributed by atoms with Crippen LogP contribution >= 0.6 is 0 Å². The predicted molar refractivity (Wildman–Crippen MR) is 64.4 cm³/mol. The van der Waals surface area contributed by atoms with E-state index in [0.717, 1.165) is 6.67 Å². The average Bonchev–Trinajstić information content (AvgIpc) is 2.28. The lowest BCUT2D eigenvalue weighted by Crippen LogP contribution is -2.49. The minimum atomic E-state index is -1.12. The van der Waals surface area contributed by atoms with Gasteiger partial charge >= 0.3 is 0 Å². The minimum absolute atomic E-state index is 1.12. The molecule has 0 saturated heterocycles. The summed E-state index contributed by atoms with van der Waals surface area (Å²) in [6.45, 7) is 15.5. The maximum Gasteiger partial charge on any atom is 0.149 e. The summed E-state index contributed by atoms with van der Waals surface area (Å²) in [5, 5.41) is 0. The van der Waals surface area contributed by atoms with Crippen molar-refractivity contribution in [2.45, 2.75) is 39.3 Å². The predicted octanol–water partition coefficient (Wildman–Crippen LogP) is 2.70. The zero-order chi connectivity index (χ0) is 10.3. The minimum Gasteiger partial charge on any atom is -0.387 e. The first-order valence-electron chi connectivity index (χ1n) is 4.93. The maximum atomic E-state index is 2.53. The van der Waals surface area contributed by atoms with Gasteiger partial charge in [0.05, 0.1) is 6.67 Å². The van der Waals surface area contributed by atoms with Crippen molar-refractivity contribution in [1.82, 2.24) is 9.13 Å². The molecule has 0 amide bonds. The molecule has 0 N–H and O–H groups in total. The Kier molecular flexibility index (Phi) is 2.64. The van der Waals surface area contributed by atoms with Crippen LogP contribution in [0.1, 0.15) is 0 Å². The molecule has 76 valence electrons. The second-order valence-corrected chi connectivity index (χ2v) is 15.6. The van der Waals surface area contributed by atoms with Crippen LogP contribution in [0.2, 0.25) is 39.3 Å². The van der Waals surface area contributed by atoms with Gasteiger partial charge in [-0.15, -0.1) is 0 Å². The first-order valence-corrected chi connectivity index (χ1v) is 11.8. The van der Waals surface area contributed by atoms with Crippen molar-refractivity contribution < 1.29 is 0 Å². The largest absolute Gasteiger partial charge is 0.387 e. The van der Waals surface area contributed by atoms with Gasteiger partial charge in [0.25, 0.3) is 0 Å². The van der Waals surface area contributed by atoms with Gasteiger partial charge in [0.2, 0.25) is 0 Å². The van der Waals surface area contributed by atoms with E-state index in [-0.39, 0.29) is 0 Å². The lowest BCUT2D eigenvalue weighted by Gasteiger charge is -2.36. The van der Waals surface area contributed by atoms with E-state index >= 15 is 0 Å². The summed E-state index contributed by atoms with van der Waals surface area (Å²) in [4.78, 5) is 0. The second kappa shape index (κ2) is 3.17. The molecule has 2 nitrogen and oxygen atoms in total. The first-order chi connectivity index (χ1) is 5.71. The van der Waals surface area contributed by atoms with Gasteiger partial charge in [-0.25, -0.2) is 0 Å². The average molecular weight is 214 g/mol. The molecule has 0 bridgehead atoms. The highest BCUT2D eigenvalue weighted by atomic mass is 28.3. The van der Waals surface area contributed by atoms with Crippen LogP contribution < -0.4 is 0 Å². The molecular formula is C9H22N2Si2. The van der Waals surface area contributed by atoms with Crippen LogP contribution in [0.4, 0.5) is 0 Å². The molecule has 0 unspecified atom stereocenters. The molecule has 0 aromatic heterocycles. The topological polar surface area (TPSA) is 6.48 Å². The molecule has 4 heteroatoms. The molecule has 0 atom stereocenters. The van der Waals surface area contributed by atoms with E-state index in [4.69, 9.17) is 0 Å². The van der Waals surface area contributed by atoms with Gasteiger partial charge in [-0.2, -0.15) is 0 Å². The zero-order valence-corrected chi connectivity index (χ0v) is 11.8. The smallest absolute Gasteiger partial charge is 0.149 e. The van der Waals surface area contributed by atoms with Gasteiger partial charge in [-0.05, 0) is 0 Å². The Balaban J connectivity index is 2.63. The lowest BCUT2D eigenvalue weighted by atomic mass is 11.0. The summed E-state index contributed by atoms with van der Waals surface area (Å²) in [7, 11) is -2.24. The molecule has 1 aliphatic rings. The summed E-state index contributed by atoms with van der Waals surface area (Å²) in [6.07, 6.45) is 4.56. The fourth-order valence-corrected chi connectivity index (χ4v) is 3.61. The van der Waals surface area contributed by atoms with Gasteiger partial charge in [0.1, 0.15) is 16.5 Å². The zero-order valence-electron chi connectivity index (χ0n) is 9.76. The van der Waals surface area contributed by atoms with Gasteiger partial charge in [-0.1, -0.05) is 39.3 Å². The van der Waals surface area contributed by atoms with Crippen molar-refractivity contribution in [3.8, 4) is 0 Å². The van der Waals surface area contributed by atoms with E-state index < -0.39 is 16.5 Å². The number of hydrogen-bond donors (Lipinski definition) is 0. The Labute approximate surface area is 84.4 Å². The molecule has 0 spiro atoms. The van der Waals surface area contributed by atoms with Crippen LogP contribution in [0.15, 0.2) is 12.4 Å².